The Balaban J connectivity index is 2.33. The van der Waals surface area contributed by atoms with Gasteiger partial charge in [0, 0.05) is 0 Å². The third kappa shape index (κ3) is 3.29. The molecule has 0 radical (unpaired) electrons. The van der Waals surface area contributed by atoms with Crippen LogP contribution in [0.15, 0.2) is 48.5 Å². The van der Waals surface area contributed by atoms with Gasteiger partial charge in [-0.05, 0) is 36.1 Å². The third-order valence-corrected chi connectivity index (χ3v) is 3.77. The van der Waals surface area contributed by atoms with E-state index in [1.807, 2.05) is 7.05 Å². The average Bonchev–Trinajstić information content (AvgIpc) is 2.39. The lowest BCUT2D eigenvalue weighted by atomic mass is 9.85. The standard InChI is InChI=1S/C19H25N/c1-14-7-6-8-16(13-14)18(20-5)15-9-11-17(12-10-15)19(2,3)4/h6-13,18,20H,1-5H3. The Morgan fingerprint density at radius 1 is 0.900 bits per heavy atom. The summed E-state index contributed by atoms with van der Waals surface area (Å²) >= 11 is 0. The normalized spacial score (nSPS) is 13.2. The minimum Gasteiger partial charge on any atom is -0.309 e. The fourth-order valence-corrected chi connectivity index (χ4v) is 2.55. The van der Waals surface area contributed by atoms with E-state index in [0.717, 1.165) is 0 Å². The zero-order chi connectivity index (χ0) is 14.8. The van der Waals surface area contributed by atoms with Crippen LogP contribution in [0.25, 0.3) is 0 Å². The molecular weight excluding hydrogens is 242 g/mol. The molecule has 2 aromatic rings. The van der Waals surface area contributed by atoms with Crippen molar-refractivity contribution in [1.29, 1.82) is 0 Å². The van der Waals surface area contributed by atoms with Crippen LogP contribution >= 0.6 is 0 Å². The van der Waals surface area contributed by atoms with Crippen molar-refractivity contribution >= 4 is 0 Å². The molecule has 0 fully saturated rings. The molecule has 0 amide bonds. The molecule has 0 aliphatic heterocycles. The fourth-order valence-electron chi connectivity index (χ4n) is 2.55. The molecule has 0 aliphatic rings. The molecule has 0 saturated carbocycles. The second kappa shape index (κ2) is 5.80. The number of hydrogen-bond acceptors (Lipinski definition) is 1. The highest BCUT2D eigenvalue weighted by molar-refractivity contribution is 5.36. The molecule has 0 heterocycles. The Morgan fingerprint density at radius 3 is 2.05 bits per heavy atom. The zero-order valence-electron chi connectivity index (χ0n) is 13.2. The Kier molecular flexibility index (Phi) is 4.29. The summed E-state index contributed by atoms with van der Waals surface area (Å²) in [6, 6.07) is 17.9. The van der Waals surface area contributed by atoms with Crippen LogP contribution < -0.4 is 5.32 Å². The molecule has 1 heteroatoms. The molecule has 2 aromatic carbocycles. The Hall–Kier alpha value is -1.60. The number of hydrogen-bond donors (Lipinski definition) is 1. The summed E-state index contributed by atoms with van der Waals surface area (Å²) in [5.41, 5.74) is 5.51. The van der Waals surface area contributed by atoms with Crippen molar-refractivity contribution in [2.75, 3.05) is 7.05 Å². The van der Waals surface area contributed by atoms with Crippen molar-refractivity contribution in [3.05, 3.63) is 70.8 Å². The van der Waals surface area contributed by atoms with E-state index in [2.05, 4.69) is 81.5 Å². The molecule has 1 atom stereocenters. The van der Waals surface area contributed by atoms with Gasteiger partial charge in [0.15, 0.2) is 0 Å². The van der Waals surface area contributed by atoms with E-state index in [4.69, 9.17) is 0 Å². The number of rotatable bonds is 3. The minimum absolute atomic E-state index is 0.205. The van der Waals surface area contributed by atoms with Gasteiger partial charge in [-0.25, -0.2) is 0 Å². The van der Waals surface area contributed by atoms with Gasteiger partial charge in [0.2, 0.25) is 0 Å². The van der Waals surface area contributed by atoms with Gasteiger partial charge in [-0.1, -0.05) is 74.9 Å². The smallest absolute Gasteiger partial charge is 0.0574 e. The Labute approximate surface area is 123 Å². The van der Waals surface area contributed by atoms with Crippen molar-refractivity contribution in [1.82, 2.24) is 5.32 Å². The van der Waals surface area contributed by atoms with Crippen LogP contribution in [0.4, 0.5) is 0 Å². The molecule has 20 heavy (non-hydrogen) atoms. The second-order valence-electron chi connectivity index (χ2n) is 6.51. The lowest BCUT2D eigenvalue weighted by molar-refractivity contribution is 0.589. The highest BCUT2D eigenvalue weighted by Crippen LogP contribution is 2.26. The zero-order valence-corrected chi connectivity index (χ0v) is 13.2. The second-order valence-corrected chi connectivity index (χ2v) is 6.51. The SMILES string of the molecule is CNC(c1ccc(C(C)(C)C)cc1)c1cccc(C)c1. The van der Waals surface area contributed by atoms with Crippen LogP contribution in [0.2, 0.25) is 0 Å². The van der Waals surface area contributed by atoms with Crippen LogP contribution in [-0.2, 0) is 5.41 Å². The molecular formula is C19H25N. The summed E-state index contributed by atoms with van der Waals surface area (Å²) < 4.78 is 0. The first-order valence-corrected chi connectivity index (χ1v) is 7.26. The van der Waals surface area contributed by atoms with E-state index in [1.165, 1.54) is 22.3 Å². The molecule has 0 aromatic heterocycles. The molecule has 0 spiro atoms. The first kappa shape index (κ1) is 14.8. The van der Waals surface area contributed by atoms with Gasteiger partial charge < -0.3 is 5.32 Å². The van der Waals surface area contributed by atoms with E-state index in [1.54, 1.807) is 0 Å². The monoisotopic (exact) mass is 267 g/mol. The van der Waals surface area contributed by atoms with Crippen molar-refractivity contribution in [2.45, 2.75) is 39.2 Å². The summed E-state index contributed by atoms with van der Waals surface area (Å²) in [7, 11) is 2.02. The molecule has 1 unspecified atom stereocenters. The summed E-state index contributed by atoms with van der Waals surface area (Å²) in [6.45, 7) is 8.88. The highest BCUT2D eigenvalue weighted by atomic mass is 14.9. The summed E-state index contributed by atoms with van der Waals surface area (Å²) in [4.78, 5) is 0. The van der Waals surface area contributed by atoms with Gasteiger partial charge in [0.25, 0.3) is 0 Å². The first-order valence-electron chi connectivity index (χ1n) is 7.26. The number of aryl methyl sites for hydroxylation is 1. The van der Waals surface area contributed by atoms with E-state index in [9.17, 15) is 0 Å². The van der Waals surface area contributed by atoms with Gasteiger partial charge in [0.1, 0.15) is 0 Å². The Morgan fingerprint density at radius 2 is 1.55 bits per heavy atom. The number of nitrogens with one attached hydrogen (secondary N) is 1. The first-order chi connectivity index (χ1) is 9.41. The van der Waals surface area contributed by atoms with Crippen LogP contribution in [0.1, 0.15) is 49.1 Å². The van der Waals surface area contributed by atoms with Gasteiger partial charge >= 0.3 is 0 Å². The van der Waals surface area contributed by atoms with E-state index >= 15 is 0 Å². The average molecular weight is 267 g/mol. The molecule has 0 bridgehead atoms. The quantitative estimate of drug-likeness (QED) is 0.857. The Bertz CT molecular complexity index is 561. The van der Waals surface area contributed by atoms with Gasteiger partial charge in [-0.2, -0.15) is 0 Å². The predicted molar refractivity (Wildman–Crippen MR) is 87.2 cm³/mol. The van der Waals surface area contributed by atoms with Gasteiger partial charge in [0.05, 0.1) is 6.04 Å². The minimum atomic E-state index is 0.205. The molecule has 1 N–H and O–H groups in total. The topological polar surface area (TPSA) is 12.0 Å². The van der Waals surface area contributed by atoms with Crippen molar-refractivity contribution in [3.63, 3.8) is 0 Å². The number of benzene rings is 2. The van der Waals surface area contributed by atoms with Gasteiger partial charge in [-0.15, -0.1) is 0 Å². The van der Waals surface area contributed by atoms with E-state index < -0.39 is 0 Å². The summed E-state index contributed by atoms with van der Waals surface area (Å²) in [5, 5.41) is 3.42. The maximum Gasteiger partial charge on any atom is 0.0574 e. The van der Waals surface area contributed by atoms with Crippen LogP contribution in [-0.4, -0.2) is 7.05 Å². The van der Waals surface area contributed by atoms with Crippen molar-refractivity contribution in [3.8, 4) is 0 Å². The maximum atomic E-state index is 3.42. The van der Waals surface area contributed by atoms with E-state index in [0.29, 0.717) is 0 Å². The molecule has 2 rings (SSSR count). The van der Waals surface area contributed by atoms with Crippen molar-refractivity contribution in [2.24, 2.45) is 0 Å². The largest absolute Gasteiger partial charge is 0.309 e. The molecule has 1 nitrogen and oxygen atoms in total. The lowest BCUT2D eigenvalue weighted by Crippen LogP contribution is -2.18. The molecule has 106 valence electrons. The van der Waals surface area contributed by atoms with Crippen LogP contribution in [0, 0.1) is 6.92 Å². The maximum absolute atomic E-state index is 3.42. The molecule has 0 saturated heterocycles. The summed E-state index contributed by atoms with van der Waals surface area (Å²) in [6.07, 6.45) is 0. The lowest BCUT2D eigenvalue weighted by Gasteiger charge is -2.22. The third-order valence-electron chi connectivity index (χ3n) is 3.77. The van der Waals surface area contributed by atoms with Gasteiger partial charge in [-0.3, -0.25) is 0 Å². The van der Waals surface area contributed by atoms with Crippen molar-refractivity contribution < 1.29 is 0 Å². The van der Waals surface area contributed by atoms with E-state index in [-0.39, 0.29) is 11.5 Å². The predicted octanol–water partition coefficient (Wildman–Crippen LogP) is 4.60. The fraction of sp³-hybridized carbons (Fsp3) is 0.368. The van der Waals surface area contributed by atoms with Crippen LogP contribution in [0.5, 0.6) is 0 Å². The highest BCUT2D eigenvalue weighted by Gasteiger charge is 2.16. The molecule has 0 aliphatic carbocycles. The van der Waals surface area contributed by atoms with Crippen LogP contribution in [0.3, 0.4) is 0 Å². The summed E-state index contributed by atoms with van der Waals surface area (Å²) in [5.74, 6) is 0.